The molecule has 0 saturated carbocycles. The van der Waals surface area contributed by atoms with Crippen LogP contribution >= 0.6 is 23.4 Å². The van der Waals surface area contributed by atoms with Gasteiger partial charge in [-0.05, 0) is 65.9 Å². The van der Waals surface area contributed by atoms with Crippen molar-refractivity contribution < 1.29 is 9.90 Å². The lowest BCUT2D eigenvalue weighted by atomic mass is 10.1. The Hall–Kier alpha value is -2.38. The number of aromatic hydroxyl groups is 1. The van der Waals surface area contributed by atoms with Crippen molar-refractivity contribution in [2.45, 2.75) is 17.3 Å². The number of ketones is 1. The molecular weight excluding hydrogens is 348 g/mol. The van der Waals surface area contributed by atoms with E-state index in [0.717, 1.165) is 0 Å². The molecule has 1 aromatic heterocycles. The fraction of sp³-hybridized carbons (Fsp3) is 0.125. The number of phenolic OH excluding ortho intramolecular Hbond substituents is 1. The third-order valence-corrected chi connectivity index (χ3v) is 4.60. The molecule has 3 rings (SSSR count). The van der Waals surface area contributed by atoms with E-state index in [1.54, 1.807) is 55.5 Å². The predicted octanol–water partition coefficient (Wildman–Crippen LogP) is 3.38. The van der Waals surface area contributed by atoms with Crippen molar-refractivity contribution >= 4 is 29.1 Å². The number of rotatable bonds is 5. The Labute approximate surface area is 147 Å². The summed E-state index contributed by atoms with van der Waals surface area (Å²) < 4.78 is 1.52. The van der Waals surface area contributed by atoms with Gasteiger partial charge < -0.3 is 5.11 Å². The minimum Gasteiger partial charge on any atom is -0.508 e. The molecule has 1 unspecified atom stereocenters. The van der Waals surface area contributed by atoms with E-state index in [0.29, 0.717) is 21.4 Å². The Kier molecular flexibility index (Phi) is 4.82. The number of hydrogen-bond donors (Lipinski definition) is 1. The molecule has 0 aliphatic rings. The summed E-state index contributed by atoms with van der Waals surface area (Å²) >= 11 is 7.11. The molecule has 8 heteroatoms. The maximum Gasteiger partial charge on any atom is 0.214 e. The Morgan fingerprint density at radius 1 is 1.17 bits per heavy atom. The molecule has 6 nitrogen and oxygen atoms in total. The van der Waals surface area contributed by atoms with Crippen molar-refractivity contribution in [3.63, 3.8) is 0 Å². The van der Waals surface area contributed by atoms with Crippen molar-refractivity contribution in [3.8, 4) is 11.4 Å². The van der Waals surface area contributed by atoms with E-state index in [9.17, 15) is 9.90 Å². The second kappa shape index (κ2) is 7.02. The summed E-state index contributed by atoms with van der Waals surface area (Å²) in [6, 6.07) is 13.3. The molecule has 2 aromatic carbocycles. The van der Waals surface area contributed by atoms with Gasteiger partial charge in [0.05, 0.1) is 10.9 Å². The smallest absolute Gasteiger partial charge is 0.214 e. The molecule has 1 heterocycles. The molecule has 0 radical (unpaired) electrons. The quantitative estimate of drug-likeness (QED) is 0.555. The average Bonchev–Trinajstić information content (AvgIpc) is 3.03. The van der Waals surface area contributed by atoms with Crippen LogP contribution in [-0.2, 0) is 0 Å². The molecule has 1 atom stereocenters. The number of nitrogens with zero attached hydrogens (tertiary/aromatic N) is 4. The summed E-state index contributed by atoms with van der Waals surface area (Å²) in [4.78, 5) is 12.5. The highest BCUT2D eigenvalue weighted by atomic mass is 35.5. The minimum atomic E-state index is -0.368. The van der Waals surface area contributed by atoms with Crippen LogP contribution in [0.1, 0.15) is 17.3 Å². The lowest BCUT2D eigenvalue weighted by molar-refractivity contribution is 0.0994. The molecule has 0 saturated heterocycles. The number of halogens is 1. The summed E-state index contributed by atoms with van der Waals surface area (Å²) in [5, 5.41) is 21.7. The molecule has 1 N–H and O–H groups in total. The summed E-state index contributed by atoms with van der Waals surface area (Å²) in [7, 11) is 0. The highest BCUT2D eigenvalue weighted by molar-refractivity contribution is 8.00. The van der Waals surface area contributed by atoms with Crippen molar-refractivity contribution in [2.24, 2.45) is 0 Å². The van der Waals surface area contributed by atoms with Crippen molar-refractivity contribution in [1.29, 1.82) is 0 Å². The third kappa shape index (κ3) is 3.58. The maximum atomic E-state index is 12.5. The van der Waals surface area contributed by atoms with Crippen molar-refractivity contribution in [2.75, 3.05) is 0 Å². The largest absolute Gasteiger partial charge is 0.508 e. The van der Waals surface area contributed by atoms with Crippen LogP contribution in [0.2, 0.25) is 5.02 Å². The zero-order valence-electron chi connectivity index (χ0n) is 12.6. The van der Waals surface area contributed by atoms with Crippen molar-refractivity contribution in [1.82, 2.24) is 20.2 Å². The van der Waals surface area contributed by atoms with Crippen LogP contribution < -0.4 is 0 Å². The molecule has 24 heavy (non-hydrogen) atoms. The van der Waals surface area contributed by atoms with Gasteiger partial charge in [-0.15, -0.1) is 5.10 Å². The molecular formula is C16H13ClN4O2S. The molecule has 0 aliphatic heterocycles. The SMILES string of the molecule is CC(Sc1nnnn1-c1ccc(O)cc1)C(=O)c1ccc(Cl)cc1. The molecule has 3 aromatic rings. The lowest BCUT2D eigenvalue weighted by Crippen LogP contribution is -2.14. The number of aromatic nitrogens is 4. The first-order valence-corrected chi connectivity index (χ1v) is 8.34. The van der Waals surface area contributed by atoms with E-state index in [2.05, 4.69) is 15.5 Å². The topological polar surface area (TPSA) is 80.9 Å². The Bertz CT molecular complexity index is 849. The van der Waals surface area contributed by atoms with Crippen molar-refractivity contribution in [3.05, 3.63) is 59.1 Å². The van der Waals surface area contributed by atoms with E-state index in [-0.39, 0.29) is 16.8 Å². The van der Waals surface area contributed by atoms with Gasteiger partial charge in [0.1, 0.15) is 5.75 Å². The fourth-order valence-electron chi connectivity index (χ4n) is 2.07. The van der Waals surface area contributed by atoms with E-state index < -0.39 is 0 Å². The van der Waals surface area contributed by atoms with Crippen LogP contribution in [0.25, 0.3) is 5.69 Å². The number of Topliss-reactive ketones (excluding diaryl/α,β-unsaturated/α-hetero) is 1. The lowest BCUT2D eigenvalue weighted by Gasteiger charge is -2.10. The number of tetrazole rings is 1. The average molecular weight is 361 g/mol. The van der Waals surface area contributed by atoms with Crippen LogP contribution in [0.15, 0.2) is 53.7 Å². The zero-order chi connectivity index (χ0) is 17.1. The number of carbonyl (C=O) groups excluding carboxylic acids is 1. The Morgan fingerprint density at radius 2 is 1.83 bits per heavy atom. The second-order valence-electron chi connectivity index (χ2n) is 5.02. The summed E-state index contributed by atoms with van der Waals surface area (Å²) in [5.74, 6) is 0.129. The number of hydrogen-bond acceptors (Lipinski definition) is 6. The van der Waals surface area contributed by atoms with Crippen LogP contribution in [-0.4, -0.2) is 36.3 Å². The summed E-state index contributed by atoms with van der Waals surface area (Å²) in [6.45, 7) is 1.80. The Balaban J connectivity index is 1.79. The van der Waals surface area contributed by atoms with Gasteiger partial charge in [0, 0.05) is 10.6 Å². The zero-order valence-corrected chi connectivity index (χ0v) is 14.2. The van der Waals surface area contributed by atoms with E-state index in [1.807, 2.05) is 0 Å². The molecule has 0 fully saturated rings. The first kappa shape index (κ1) is 16.5. The first-order valence-electron chi connectivity index (χ1n) is 7.09. The second-order valence-corrected chi connectivity index (χ2v) is 6.77. The highest BCUT2D eigenvalue weighted by Crippen LogP contribution is 2.26. The summed E-state index contributed by atoms with van der Waals surface area (Å²) in [5.41, 5.74) is 1.29. The molecule has 0 spiro atoms. The van der Waals surface area contributed by atoms with Crippen LogP contribution in [0, 0.1) is 0 Å². The number of phenols is 1. The maximum absolute atomic E-state index is 12.5. The van der Waals surface area contributed by atoms with Crippen LogP contribution in [0.4, 0.5) is 0 Å². The van der Waals surface area contributed by atoms with Gasteiger partial charge in [-0.1, -0.05) is 23.4 Å². The summed E-state index contributed by atoms with van der Waals surface area (Å²) in [6.07, 6.45) is 0. The minimum absolute atomic E-state index is 0.0306. The van der Waals surface area contributed by atoms with Gasteiger partial charge >= 0.3 is 0 Å². The molecule has 0 aliphatic carbocycles. The number of carbonyl (C=O) groups is 1. The van der Waals surface area contributed by atoms with Crippen LogP contribution in [0.3, 0.4) is 0 Å². The van der Waals surface area contributed by atoms with Crippen LogP contribution in [0.5, 0.6) is 5.75 Å². The third-order valence-electron chi connectivity index (χ3n) is 3.32. The normalized spacial score (nSPS) is 12.1. The van der Waals surface area contributed by atoms with Gasteiger partial charge in [0.2, 0.25) is 5.16 Å². The molecule has 0 bridgehead atoms. The van der Waals surface area contributed by atoms with E-state index in [4.69, 9.17) is 11.6 Å². The van der Waals surface area contributed by atoms with E-state index in [1.165, 1.54) is 16.4 Å². The van der Waals surface area contributed by atoms with Gasteiger partial charge in [-0.3, -0.25) is 4.79 Å². The fourth-order valence-corrected chi connectivity index (χ4v) is 3.08. The van der Waals surface area contributed by atoms with Gasteiger partial charge in [-0.25, -0.2) is 0 Å². The monoisotopic (exact) mass is 360 g/mol. The van der Waals surface area contributed by atoms with E-state index >= 15 is 0 Å². The molecule has 122 valence electrons. The number of benzene rings is 2. The molecule has 0 amide bonds. The first-order chi connectivity index (χ1) is 11.5. The standard InChI is InChI=1S/C16H13ClN4O2S/c1-10(15(23)11-2-4-12(17)5-3-11)24-16-18-19-20-21(16)13-6-8-14(22)9-7-13/h2-10,22H,1H3. The van der Waals surface area contributed by atoms with Gasteiger partial charge in [-0.2, -0.15) is 4.68 Å². The van der Waals surface area contributed by atoms with Gasteiger partial charge in [0.25, 0.3) is 0 Å². The highest BCUT2D eigenvalue weighted by Gasteiger charge is 2.20. The number of thioether (sulfide) groups is 1. The Morgan fingerprint density at radius 3 is 2.50 bits per heavy atom. The van der Waals surface area contributed by atoms with Gasteiger partial charge in [0.15, 0.2) is 5.78 Å². The predicted molar refractivity (Wildman–Crippen MR) is 91.9 cm³/mol.